The van der Waals surface area contributed by atoms with Gasteiger partial charge in [0, 0.05) is 11.8 Å². The lowest BCUT2D eigenvalue weighted by Gasteiger charge is -2.34. The van der Waals surface area contributed by atoms with Crippen LogP contribution >= 0.6 is 0 Å². The molecule has 172 valence electrons. The second-order valence-electron chi connectivity index (χ2n) is 9.29. The minimum Gasteiger partial charge on any atom is -0.354 e. The predicted octanol–water partition coefficient (Wildman–Crippen LogP) is 5.15. The number of rotatable bonds is 6. The van der Waals surface area contributed by atoms with Gasteiger partial charge < -0.3 is 9.64 Å². The SMILES string of the molecule is CC1(C)OC[C@H](Cc2ccccc2)N1C(=O)CC1N=CC(c2ccc(-c3ccccc3)cc2)=N1. The highest BCUT2D eigenvalue weighted by molar-refractivity contribution is 6.39. The molecule has 1 saturated heterocycles. The van der Waals surface area contributed by atoms with Gasteiger partial charge in [0.15, 0.2) is 0 Å². The molecule has 2 heterocycles. The van der Waals surface area contributed by atoms with Crippen LogP contribution in [0.25, 0.3) is 11.1 Å². The first-order valence-electron chi connectivity index (χ1n) is 11.8. The van der Waals surface area contributed by atoms with Crippen LogP contribution in [0.3, 0.4) is 0 Å². The van der Waals surface area contributed by atoms with Gasteiger partial charge in [-0.25, -0.2) is 0 Å². The summed E-state index contributed by atoms with van der Waals surface area (Å²) in [5, 5.41) is 0. The number of amides is 1. The zero-order chi connectivity index (χ0) is 23.5. The van der Waals surface area contributed by atoms with Gasteiger partial charge in [-0.3, -0.25) is 14.8 Å². The van der Waals surface area contributed by atoms with Crippen LogP contribution in [0.2, 0.25) is 0 Å². The molecule has 3 aromatic carbocycles. The largest absolute Gasteiger partial charge is 0.354 e. The molecule has 2 aliphatic rings. The first-order chi connectivity index (χ1) is 16.5. The van der Waals surface area contributed by atoms with Crippen molar-refractivity contribution in [1.29, 1.82) is 0 Å². The molecule has 0 N–H and O–H groups in total. The van der Waals surface area contributed by atoms with Crippen molar-refractivity contribution in [2.24, 2.45) is 9.98 Å². The molecule has 3 aromatic rings. The van der Waals surface area contributed by atoms with Gasteiger partial charge in [-0.15, -0.1) is 0 Å². The molecule has 0 aliphatic carbocycles. The molecule has 1 unspecified atom stereocenters. The number of carbonyl (C=O) groups excluding carboxylic acids is 1. The van der Waals surface area contributed by atoms with Crippen molar-refractivity contribution < 1.29 is 9.53 Å². The van der Waals surface area contributed by atoms with E-state index in [4.69, 9.17) is 9.73 Å². The Labute approximate surface area is 200 Å². The van der Waals surface area contributed by atoms with Crippen LogP contribution in [0.5, 0.6) is 0 Å². The quantitative estimate of drug-likeness (QED) is 0.520. The fraction of sp³-hybridized carbons (Fsp3) is 0.276. The highest BCUT2D eigenvalue weighted by Gasteiger charge is 2.43. The molecule has 5 nitrogen and oxygen atoms in total. The van der Waals surface area contributed by atoms with E-state index in [0.29, 0.717) is 6.61 Å². The number of benzene rings is 3. The number of carbonyl (C=O) groups is 1. The van der Waals surface area contributed by atoms with E-state index in [-0.39, 0.29) is 18.4 Å². The van der Waals surface area contributed by atoms with Gasteiger partial charge in [0.05, 0.1) is 24.8 Å². The number of hydrogen-bond acceptors (Lipinski definition) is 4. The summed E-state index contributed by atoms with van der Waals surface area (Å²) >= 11 is 0. The van der Waals surface area contributed by atoms with Crippen molar-refractivity contribution in [3.63, 3.8) is 0 Å². The Morgan fingerprint density at radius 1 is 0.912 bits per heavy atom. The van der Waals surface area contributed by atoms with Gasteiger partial charge >= 0.3 is 0 Å². The molecule has 1 fully saturated rings. The van der Waals surface area contributed by atoms with Gasteiger partial charge in [-0.1, -0.05) is 84.9 Å². The van der Waals surface area contributed by atoms with E-state index < -0.39 is 11.9 Å². The van der Waals surface area contributed by atoms with Crippen molar-refractivity contribution in [2.45, 2.75) is 44.6 Å². The molecule has 0 spiro atoms. The molecule has 5 rings (SSSR count). The summed E-state index contributed by atoms with van der Waals surface area (Å²) in [6, 6.07) is 28.8. The Kier molecular flexibility index (Phi) is 6.12. The van der Waals surface area contributed by atoms with Crippen molar-refractivity contribution in [3.05, 3.63) is 96.1 Å². The summed E-state index contributed by atoms with van der Waals surface area (Å²) in [6.07, 6.45) is 2.39. The molecule has 2 aliphatic heterocycles. The van der Waals surface area contributed by atoms with Crippen LogP contribution < -0.4 is 0 Å². The maximum Gasteiger partial charge on any atom is 0.229 e. The minimum atomic E-state index is -0.640. The molecule has 0 radical (unpaired) electrons. The standard InChI is InChI=1S/C29H29N3O2/c1-29(2)32(25(20-34-29)17-21-9-5-3-6-10-21)28(33)18-27-30-19-26(31-27)24-15-13-23(14-16-24)22-11-7-4-8-12-22/h3-16,19,25,27H,17-18,20H2,1-2H3/t25-,27?/m0/s1. The van der Waals surface area contributed by atoms with Crippen LogP contribution in [0.4, 0.5) is 0 Å². The first kappa shape index (κ1) is 22.2. The van der Waals surface area contributed by atoms with E-state index >= 15 is 0 Å². The Morgan fingerprint density at radius 2 is 1.53 bits per heavy atom. The summed E-state index contributed by atoms with van der Waals surface area (Å²) in [7, 11) is 0. The number of nitrogens with zero attached hydrogens (tertiary/aromatic N) is 3. The van der Waals surface area contributed by atoms with Gasteiger partial charge in [0.25, 0.3) is 0 Å². The van der Waals surface area contributed by atoms with E-state index in [0.717, 1.165) is 23.3 Å². The van der Waals surface area contributed by atoms with Crippen LogP contribution in [-0.4, -0.2) is 47.3 Å². The Balaban J connectivity index is 1.26. The third kappa shape index (κ3) is 4.70. The lowest BCUT2D eigenvalue weighted by atomic mass is 10.0. The van der Waals surface area contributed by atoms with Crippen LogP contribution in [0.15, 0.2) is 94.9 Å². The molecular formula is C29H29N3O2. The van der Waals surface area contributed by atoms with Crippen molar-refractivity contribution >= 4 is 17.8 Å². The monoisotopic (exact) mass is 451 g/mol. The van der Waals surface area contributed by atoms with Crippen molar-refractivity contribution in [3.8, 4) is 11.1 Å². The van der Waals surface area contributed by atoms with Crippen LogP contribution in [0, 0.1) is 0 Å². The van der Waals surface area contributed by atoms with E-state index in [9.17, 15) is 4.79 Å². The van der Waals surface area contributed by atoms with Crippen molar-refractivity contribution in [1.82, 2.24) is 4.90 Å². The second kappa shape index (κ2) is 9.35. The topological polar surface area (TPSA) is 54.3 Å². The molecule has 1 amide bonds. The fourth-order valence-electron chi connectivity index (χ4n) is 4.77. The second-order valence-corrected chi connectivity index (χ2v) is 9.29. The summed E-state index contributed by atoms with van der Waals surface area (Å²) in [5.74, 6) is 0.0232. The highest BCUT2D eigenvalue weighted by Crippen LogP contribution is 2.31. The summed E-state index contributed by atoms with van der Waals surface area (Å²) in [4.78, 5) is 24.5. The van der Waals surface area contributed by atoms with Gasteiger partial charge in [0.1, 0.15) is 11.9 Å². The van der Waals surface area contributed by atoms with Crippen LogP contribution in [0.1, 0.15) is 31.4 Å². The van der Waals surface area contributed by atoms with E-state index in [1.54, 1.807) is 6.21 Å². The average molecular weight is 452 g/mol. The van der Waals surface area contributed by atoms with E-state index in [1.165, 1.54) is 11.1 Å². The van der Waals surface area contributed by atoms with E-state index in [2.05, 4.69) is 53.5 Å². The van der Waals surface area contributed by atoms with Crippen molar-refractivity contribution in [2.75, 3.05) is 6.61 Å². The van der Waals surface area contributed by atoms with Crippen LogP contribution in [-0.2, 0) is 16.0 Å². The third-order valence-corrected chi connectivity index (χ3v) is 6.46. The lowest BCUT2D eigenvalue weighted by Crippen LogP contribution is -2.49. The normalized spacial score (nSPS) is 21.0. The summed E-state index contributed by atoms with van der Waals surface area (Å²) in [5.41, 5.74) is 4.72. The molecule has 2 atom stereocenters. The minimum absolute atomic E-state index is 0.00395. The summed E-state index contributed by atoms with van der Waals surface area (Å²) < 4.78 is 5.99. The fourth-order valence-corrected chi connectivity index (χ4v) is 4.77. The van der Waals surface area contributed by atoms with Gasteiger partial charge in [-0.2, -0.15) is 0 Å². The Hall–Kier alpha value is -3.57. The molecule has 0 saturated carbocycles. The molecule has 0 aromatic heterocycles. The third-order valence-electron chi connectivity index (χ3n) is 6.46. The Morgan fingerprint density at radius 3 is 2.24 bits per heavy atom. The lowest BCUT2D eigenvalue weighted by molar-refractivity contribution is -0.146. The molecule has 34 heavy (non-hydrogen) atoms. The maximum absolute atomic E-state index is 13.4. The smallest absolute Gasteiger partial charge is 0.229 e. The molecule has 5 heteroatoms. The highest BCUT2D eigenvalue weighted by atomic mass is 16.5. The Bertz CT molecular complexity index is 1200. The number of ether oxygens (including phenoxy) is 1. The predicted molar refractivity (Wildman–Crippen MR) is 136 cm³/mol. The van der Waals surface area contributed by atoms with E-state index in [1.807, 2.05) is 55.1 Å². The van der Waals surface area contributed by atoms with Gasteiger partial charge in [-0.05, 0) is 37.0 Å². The molecule has 0 bridgehead atoms. The molecular weight excluding hydrogens is 422 g/mol. The van der Waals surface area contributed by atoms with Gasteiger partial charge in [0.2, 0.25) is 5.91 Å². The average Bonchev–Trinajstić information content (AvgIpc) is 3.44. The number of hydrogen-bond donors (Lipinski definition) is 0. The zero-order valence-corrected chi connectivity index (χ0v) is 19.6. The number of aliphatic imine (C=N–C) groups is 2. The maximum atomic E-state index is 13.4. The zero-order valence-electron chi connectivity index (χ0n) is 19.6. The first-order valence-corrected chi connectivity index (χ1v) is 11.8. The summed E-state index contributed by atoms with van der Waals surface area (Å²) in [6.45, 7) is 4.44.